The van der Waals surface area contributed by atoms with Crippen molar-refractivity contribution in [3.8, 4) is 0 Å². The molecule has 0 spiro atoms. The van der Waals surface area contributed by atoms with E-state index in [1.54, 1.807) is 6.92 Å². The lowest BCUT2D eigenvalue weighted by Crippen LogP contribution is -2.35. The molecule has 1 atom stereocenters. The standard InChI is InChI=1S/C8H14F3NO3/c1-6(3-2-4-13)12-7(14)15-5-8(9,10)11/h6,13H,2-5H2,1H3,(H,12,14). The molecule has 0 bridgehead atoms. The third-order valence-electron chi connectivity index (χ3n) is 1.53. The molecule has 0 aliphatic heterocycles. The number of alkyl halides is 3. The zero-order valence-corrected chi connectivity index (χ0v) is 8.30. The Kier molecular flexibility index (Phi) is 6.07. The number of carbonyl (C=O) groups is 1. The molecule has 1 unspecified atom stereocenters. The van der Waals surface area contributed by atoms with E-state index in [9.17, 15) is 18.0 Å². The van der Waals surface area contributed by atoms with Gasteiger partial charge in [-0.3, -0.25) is 0 Å². The number of alkyl carbamates (subject to hydrolysis) is 1. The molecule has 0 aromatic carbocycles. The minimum Gasteiger partial charge on any atom is -0.440 e. The summed E-state index contributed by atoms with van der Waals surface area (Å²) >= 11 is 0. The molecule has 90 valence electrons. The van der Waals surface area contributed by atoms with E-state index in [0.717, 1.165) is 0 Å². The van der Waals surface area contributed by atoms with Crippen LogP contribution in [0.25, 0.3) is 0 Å². The lowest BCUT2D eigenvalue weighted by molar-refractivity contribution is -0.160. The van der Waals surface area contributed by atoms with Gasteiger partial charge in [0.1, 0.15) is 0 Å². The molecule has 15 heavy (non-hydrogen) atoms. The average molecular weight is 229 g/mol. The number of hydrogen-bond acceptors (Lipinski definition) is 3. The van der Waals surface area contributed by atoms with Gasteiger partial charge in [-0.25, -0.2) is 4.79 Å². The van der Waals surface area contributed by atoms with Gasteiger partial charge in [-0.15, -0.1) is 0 Å². The van der Waals surface area contributed by atoms with Crippen LogP contribution in [0.3, 0.4) is 0 Å². The van der Waals surface area contributed by atoms with Crippen molar-refractivity contribution in [2.45, 2.75) is 32.0 Å². The topological polar surface area (TPSA) is 58.6 Å². The molecule has 0 heterocycles. The summed E-state index contributed by atoms with van der Waals surface area (Å²) in [5.74, 6) is 0. The van der Waals surface area contributed by atoms with E-state index in [1.165, 1.54) is 0 Å². The molecule has 0 aliphatic rings. The molecule has 0 radical (unpaired) electrons. The Bertz CT molecular complexity index is 196. The smallest absolute Gasteiger partial charge is 0.422 e. The predicted octanol–water partition coefficient (Wildman–Crippen LogP) is 1.44. The Hall–Kier alpha value is -0.980. The maximum absolute atomic E-state index is 11.6. The van der Waals surface area contributed by atoms with Crippen molar-refractivity contribution >= 4 is 6.09 Å². The van der Waals surface area contributed by atoms with E-state index in [-0.39, 0.29) is 12.6 Å². The first-order valence-corrected chi connectivity index (χ1v) is 4.46. The second-order valence-electron chi connectivity index (χ2n) is 3.10. The minimum absolute atomic E-state index is 0.0242. The van der Waals surface area contributed by atoms with Crippen LogP contribution in [0.4, 0.5) is 18.0 Å². The van der Waals surface area contributed by atoms with Crippen LogP contribution in [0.15, 0.2) is 0 Å². The quantitative estimate of drug-likeness (QED) is 0.749. The maximum atomic E-state index is 11.6. The molecule has 2 N–H and O–H groups in total. The summed E-state index contributed by atoms with van der Waals surface area (Å²) in [7, 11) is 0. The van der Waals surface area contributed by atoms with Crippen LogP contribution in [0, 0.1) is 0 Å². The average Bonchev–Trinajstić information content (AvgIpc) is 2.10. The largest absolute Gasteiger partial charge is 0.440 e. The Labute approximate surface area is 85.4 Å². The Morgan fingerprint density at radius 3 is 2.60 bits per heavy atom. The van der Waals surface area contributed by atoms with E-state index in [2.05, 4.69) is 10.1 Å². The highest BCUT2D eigenvalue weighted by Crippen LogP contribution is 2.14. The van der Waals surface area contributed by atoms with Gasteiger partial charge in [0.25, 0.3) is 0 Å². The number of halogens is 3. The van der Waals surface area contributed by atoms with Crippen LogP contribution >= 0.6 is 0 Å². The minimum atomic E-state index is -4.51. The lowest BCUT2D eigenvalue weighted by Gasteiger charge is -2.14. The monoisotopic (exact) mass is 229 g/mol. The van der Waals surface area contributed by atoms with Gasteiger partial charge in [0.05, 0.1) is 0 Å². The zero-order chi connectivity index (χ0) is 11.9. The normalized spacial score (nSPS) is 13.4. The first-order chi connectivity index (χ1) is 6.85. The Balaban J connectivity index is 3.64. The van der Waals surface area contributed by atoms with Crippen LogP contribution in [-0.2, 0) is 4.74 Å². The van der Waals surface area contributed by atoms with Crippen molar-refractivity contribution in [1.82, 2.24) is 5.32 Å². The van der Waals surface area contributed by atoms with Crippen LogP contribution < -0.4 is 5.32 Å². The van der Waals surface area contributed by atoms with Gasteiger partial charge < -0.3 is 15.2 Å². The van der Waals surface area contributed by atoms with Crippen LogP contribution in [0.5, 0.6) is 0 Å². The summed E-state index contributed by atoms with van der Waals surface area (Å²) < 4.78 is 38.8. The number of aliphatic hydroxyl groups excluding tert-OH is 1. The van der Waals surface area contributed by atoms with Crippen molar-refractivity contribution in [3.63, 3.8) is 0 Å². The molecule has 0 aromatic rings. The molecule has 1 amide bonds. The van der Waals surface area contributed by atoms with Gasteiger partial charge in [-0.05, 0) is 19.8 Å². The molecule has 0 aromatic heterocycles. The SMILES string of the molecule is CC(CCCO)NC(=O)OCC(F)(F)F. The molecule has 0 aliphatic carbocycles. The summed E-state index contributed by atoms with van der Waals surface area (Å²) in [5, 5.41) is 10.7. The van der Waals surface area contributed by atoms with Crippen molar-refractivity contribution in [3.05, 3.63) is 0 Å². The van der Waals surface area contributed by atoms with Gasteiger partial charge in [0, 0.05) is 12.6 Å². The van der Waals surface area contributed by atoms with Crippen molar-refractivity contribution in [2.24, 2.45) is 0 Å². The van der Waals surface area contributed by atoms with Gasteiger partial charge in [-0.1, -0.05) is 0 Å². The zero-order valence-electron chi connectivity index (χ0n) is 8.30. The summed E-state index contributed by atoms with van der Waals surface area (Å²) in [6.07, 6.45) is -4.65. The van der Waals surface area contributed by atoms with E-state index >= 15 is 0 Å². The fourth-order valence-electron chi connectivity index (χ4n) is 0.860. The summed E-state index contributed by atoms with van der Waals surface area (Å²) in [5.41, 5.74) is 0. The number of hydrogen-bond donors (Lipinski definition) is 2. The fourth-order valence-corrected chi connectivity index (χ4v) is 0.860. The third kappa shape index (κ3) is 9.33. The van der Waals surface area contributed by atoms with E-state index in [0.29, 0.717) is 12.8 Å². The number of carbonyl (C=O) groups excluding carboxylic acids is 1. The van der Waals surface area contributed by atoms with Gasteiger partial charge in [0.2, 0.25) is 0 Å². The highest BCUT2D eigenvalue weighted by atomic mass is 19.4. The molecule has 0 rings (SSSR count). The molecule has 7 heteroatoms. The van der Waals surface area contributed by atoms with Gasteiger partial charge >= 0.3 is 12.3 Å². The number of aliphatic hydroxyl groups is 1. The van der Waals surface area contributed by atoms with E-state index < -0.39 is 18.9 Å². The molecule has 4 nitrogen and oxygen atoms in total. The lowest BCUT2D eigenvalue weighted by atomic mass is 10.2. The predicted molar refractivity (Wildman–Crippen MR) is 46.3 cm³/mol. The molecule has 0 saturated heterocycles. The van der Waals surface area contributed by atoms with E-state index in [1.807, 2.05) is 0 Å². The highest BCUT2D eigenvalue weighted by molar-refractivity contribution is 5.67. The van der Waals surface area contributed by atoms with Gasteiger partial charge in [0.15, 0.2) is 6.61 Å². The second-order valence-corrected chi connectivity index (χ2v) is 3.10. The molecular formula is C8H14F3NO3. The first-order valence-electron chi connectivity index (χ1n) is 4.46. The maximum Gasteiger partial charge on any atom is 0.422 e. The van der Waals surface area contributed by atoms with Crippen molar-refractivity contribution in [1.29, 1.82) is 0 Å². The fraction of sp³-hybridized carbons (Fsp3) is 0.875. The number of nitrogens with one attached hydrogen (secondary N) is 1. The second kappa shape index (κ2) is 6.49. The van der Waals surface area contributed by atoms with Crippen molar-refractivity contribution < 1.29 is 27.8 Å². The number of amides is 1. The molecular weight excluding hydrogens is 215 g/mol. The van der Waals surface area contributed by atoms with Gasteiger partial charge in [-0.2, -0.15) is 13.2 Å². The van der Waals surface area contributed by atoms with Crippen LogP contribution in [0.1, 0.15) is 19.8 Å². The summed E-state index contributed by atoms with van der Waals surface area (Å²) in [4.78, 5) is 10.8. The molecule has 0 fully saturated rings. The summed E-state index contributed by atoms with van der Waals surface area (Å²) in [6.45, 7) is -0.000317. The van der Waals surface area contributed by atoms with Crippen LogP contribution in [0.2, 0.25) is 0 Å². The highest BCUT2D eigenvalue weighted by Gasteiger charge is 2.29. The summed E-state index contributed by atoms with van der Waals surface area (Å²) in [6, 6.07) is -0.321. The van der Waals surface area contributed by atoms with E-state index in [4.69, 9.17) is 5.11 Å². The number of rotatable bonds is 5. The Morgan fingerprint density at radius 2 is 2.13 bits per heavy atom. The Morgan fingerprint density at radius 1 is 1.53 bits per heavy atom. The first kappa shape index (κ1) is 14.0. The van der Waals surface area contributed by atoms with Crippen LogP contribution in [-0.4, -0.2) is 36.6 Å². The third-order valence-corrected chi connectivity index (χ3v) is 1.53. The molecule has 0 saturated carbocycles. The number of ether oxygens (including phenoxy) is 1. The van der Waals surface area contributed by atoms with Crippen molar-refractivity contribution in [2.75, 3.05) is 13.2 Å².